The molecular formula is C12H19NO3. The zero-order valence-electron chi connectivity index (χ0n) is 9.84. The van der Waals surface area contributed by atoms with Crippen LogP contribution < -0.4 is 10.5 Å². The van der Waals surface area contributed by atoms with Crippen LogP contribution in [0.15, 0.2) is 18.2 Å². The zero-order valence-corrected chi connectivity index (χ0v) is 9.84. The summed E-state index contributed by atoms with van der Waals surface area (Å²) in [6.07, 6.45) is -0.640. The number of aliphatic hydroxyl groups is 1. The Morgan fingerprint density at radius 3 is 2.44 bits per heavy atom. The van der Waals surface area contributed by atoms with Crippen molar-refractivity contribution >= 4 is 0 Å². The van der Waals surface area contributed by atoms with Gasteiger partial charge in [0.15, 0.2) is 0 Å². The van der Waals surface area contributed by atoms with Crippen LogP contribution in [0.5, 0.6) is 11.5 Å². The van der Waals surface area contributed by atoms with Crippen LogP contribution in [0.3, 0.4) is 0 Å². The normalized spacial score (nSPS) is 14.9. The van der Waals surface area contributed by atoms with Gasteiger partial charge in [0.2, 0.25) is 0 Å². The molecule has 0 saturated heterocycles. The van der Waals surface area contributed by atoms with E-state index in [1.807, 2.05) is 13.8 Å². The second-order valence-corrected chi connectivity index (χ2v) is 4.19. The quantitative estimate of drug-likeness (QED) is 0.724. The van der Waals surface area contributed by atoms with E-state index in [-0.39, 0.29) is 11.7 Å². The molecule has 0 aliphatic rings. The van der Waals surface area contributed by atoms with E-state index in [2.05, 4.69) is 0 Å². The summed E-state index contributed by atoms with van der Waals surface area (Å²) in [4.78, 5) is 0. The maximum Gasteiger partial charge on any atom is 0.127 e. The SMILES string of the molecule is COc1cc(O)ccc1[C@H](N)[C@H](O)C(C)C. The first kappa shape index (κ1) is 12.8. The molecule has 0 bridgehead atoms. The highest BCUT2D eigenvalue weighted by molar-refractivity contribution is 5.42. The smallest absolute Gasteiger partial charge is 0.127 e. The Balaban J connectivity index is 3.03. The van der Waals surface area contributed by atoms with E-state index in [9.17, 15) is 10.2 Å². The van der Waals surface area contributed by atoms with Crippen molar-refractivity contribution in [2.75, 3.05) is 7.11 Å². The molecule has 0 unspecified atom stereocenters. The number of rotatable bonds is 4. The third kappa shape index (κ3) is 2.65. The number of hydrogen-bond donors (Lipinski definition) is 3. The van der Waals surface area contributed by atoms with Crippen molar-refractivity contribution in [1.82, 2.24) is 0 Å². The monoisotopic (exact) mass is 225 g/mol. The van der Waals surface area contributed by atoms with Gasteiger partial charge < -0.3 is 20.7 Å². The van der Waals surface area contributed by atoms with Crippen LogP contribution in [0.1, 0.15) is 25.5 Å². The first-order valence-electron chi connectivity index (χ1n) is 5.28. The number of methoxy groups -OCH3 is 1. The van der Waals surface area contributed by atoms with Gasteiger partial charge in [0, 0.05) is 11.6 Å². The maximum absolute atomic E-state index is 9.89. The van der Waals surface area contributed by atoms with Crippen LogP contribution in [0.4, 0.5) is 0 Å². The van der Waals surface area contributed by atoms with E-state index in [1.54, 1.807) is 6.07 Å². The fraction of sp³-hybridized carbons (Fsp3) is 0.500. The molecule has 4 N–H and O–H groups in total. The van der Waals surface area contributed by atoms with Gasteiger partial charge in [-0.25, -0.2) is 0 Å². The molecule has 0 spiro atoms. The van der Waals surface area contributed by atoms with Gasteiger partial charge in [0.25, 0.3) is 0 Å². The van der Waals surface area contributed by atoms with Gasteiger partial charge in [0.05, 0.1) is 19.3 Å². The number of phenols is 1. The third-order valence-electron chi connectivity index (χ3n) is 2.63. The average Bonchev–Trinajstić information content (AvgIpc) is 2.26. The Morgan fingerprint density at radius 1 is 1.31 bits per heavy atom. The van der Waals surface area contributed by atoms with Crippen molar-refractivity contribution in [3.05, 3.63) is 23.8 Å². The molecule has 0 radical (unpaired) electrons. The summed E-state index contributed by atoms with van der Waals surface area (Å²) < 4.78 is 5.13. The summed E-state index contributed by atoms with van der Waals surface area (Å²) in [6.45, 7) is 3.80. The minimum absolute atomic E-state index is 0.0634. The highest BCUT2D eigenvalue weighted by Gasteiger charge is 2.23. The Labute approximate surface area is 95.7 Å². The Morgan fingerprint density at radius 2 is 1.94 bits per heavy atom. The van der Waals surface area contributed by atoms with Crippen molar-refractivity contribution in [3.8, 4) is 11.5 Å². The summed E-state index contributed by atoms with van der Waals surface area (Å²) in [7, 11) is 1.51. The minimum atomic E-state index is -0.640. The van der Waals surface area contributed by atoms with E-state index in [4.69, 9.17) is 10.5 Å². The molecule has 1 rings (SSSR count). The van der Waals surface area contributed by atoms with Crippen LogP contribution in [-0.4, -0.2) is 23.4 Å². The molecule has 0 aliphatic carbocycles. The van der Waals surface area contributed by atoms with Crippen LogP contribution in [0, 0.1) is 5.92 Å². The molecule has 4 nitrogen and oxygen atoms in total. The Bertz CT molecular complexity index is 352. The topological polar surface area (TPSA) is 75.7 Å². The number of benzene rings is 1. The van der Waals surface area contributed by atoms with Crippen LogP contribution in [-0.2, 0) is 0 Å². The lowest BCUT2D eigenvalue weighted by Crippen LogP contribution is -2.30. The van der Waals surface area contributed by atoms with E-state index in [0.29, 0.717) is 11.3 Å². The first-order chi connectivity index (χ1) is 7.47. The number of aliphatic hydroxyl groups excluding tert-OH is 1. The van der Waals surface area contributed by atoms with E-state index in [1.165, 1.54) is 19.2 Å². The fourth-order valence-corrected chi connectivity index (χ4v) is 1.57. The molecule has 0 heterocycles. The van der Waals surface area contributed by atoms with Crippen LogP contribution in [0.2, 0.25) is 0 Å². The molecule has 90 valence electrons. The molecular weight excluding hydrogens is 206 g/mol. The summed E-state index contributed by atoms with van der Waals surface area (Å²) >= 11 is 0. The number of ether oxygens (including phenoxy) is 1. The Kier molecular flexibility index (Phi) is 4.15. The van der Waals surface area contributed by atoms with Gasteiger partial charge in [-0.15, -0.1) is 0 Å². The van der Waals surface area contributed by atoms with Gasteiger partial charge >= 0.3 is 0 Å². The lowest BCUT2D eigenvalue weighted by Gasteiger charge is -2.24. The van der Waals surface area contributed by atoms with Crippen molar-refractivity contribution in [2.45, 2.75) is 26.0 Å². The lowest BCUT2D eigenvalue weighted by molar-refractivity contribution is 0.0969. The van der Waals surface area contributed by atoms with Gasteiger partial charge in [-0.05, 0) is 18.1 Å². The molecule has 1 aromatic carbocycles. The highest BCUT2D eigenvalue weighted by atomic mass is 16.5. The summed E-state index contributed by atoms with van der Waals surface area (Å²) in [5.41, 5.74) is 6.65. The number of nitrogens with two attached hydrogens (primary N) is 1. The van der Waals surface area contributed by atoms with Crippen molar-refractivity contribution in [3.63, 3.8) is 0 Å². The van der Waals surface area contributed by atoms with Crippen molar-refractivity contribution in [2.24, 2.45) is 11.7 Å². The number of hydrogen-bond acceptors (Lipinski definition) is 4. The van der Waals surface area contributed by atoms with Gasteiger partial charge in [-0.2, -0.15) is 0 Å². The van der Waals surface area contributed by atoms with E-state index in [0.717, 1.165) is 0 Å². The second-order valence-electron chi connectivity index (χ2n) is 4.19. The standard InChI is InChI=1S/C12H19NO3/c1-7(2)12(15)11(13)9-5-4-8(14)6-10(9)16-3/h4-7,11-12,14-15H,13H2,1-3H3/t11-,12+/m0/s1. The second kappa shape index (κ2) is 5.18. The third-order valence-corrected chi connectivity index (χ3v) is 2.63. The maximum atomic E-state index is 9.89. The molecule has 16 heavy (non-hydrogen) atoms. The highest BCUT2D eigenvalue weighted by Crippen LogP contribution is 2.30. The molecule has 4 heteroatoms. The summed E-state index contributed by atoms with van der Waals surface area (Å²) in [6, 6.07) is 4.17. The van der Waals surface area contributed by atoms with E-state index < -0.39 is 12.1 Å². The average molecular weight is 225 g/mol. The predicted octanol–water partition coefficient (Wildman–Crippen LogP) is 1.42. The summed E-state index contributed by atoms with van der Waals surface area (Å²) in [5.74, 6) is 0.674. The van der Waals surface area contributed by atoms with Crippen molar-refractivity contribution in [1.29, 1.82) is 0 Å². The summed E-state index contributed by atoms with van der Waals surface area (Å²) in [5, 5.41) is 19.2. The number of aromatic hydroxyl groups is 1. The van der Waals surface area contributed by atoms with Gasteiger partial charge in [0.1, 0.15) is 11.5 Å². The van der Waals surface area contributed by atoms with Gasteiger partial charge in [-0.3, -0.25) is 0 Å². The first-order valence-corrected chi connectivity index (χ1v) is 5.28. The molecule has 0 amide bonds. The minimum Gasteiger partial charge on any atom is -0.508 e. The van der Waals surface area contributed by atoms with Crippen LogP contribution >= 0.6 is 0 Å². The van der Waals surface area contributed by atoms with Crippen molar-refractivity contribution < 1.29 is 14.9 Å². The fourth-order valence-electron chi connectivity index (χ4n) is 1.57. The molecule has 0 aromatic heterocycles. The van der Waals surface area contributed by atoms with Crippen LogP contribution in [0.25, 0.3) is 0 Å². The predicted molar refractivity (Wildman–Crippen MR) is 62.4 cm³/mol. The molecule has 0 saturated carbocycles. The number of phenolic OH excluding ortho intramolecular Hbond substituents is 1. The molecule has 2 atom stereocenters. The largest absolute Gasteiger partial charge is 0.508 e. The lowest BCUT2D eigenvalue weighted by atomic mass is 9.94. The molecule has 0 fully saturated rings. The zero-order chi connectivity index (χ0) is 12.3. The van der Waals surface area contributed by atoms with E-state index >= 15 is 0 Å². The van der Waals surface area contributed by atoms with Gasteiger partial charge in [-0.1, -0.05) is 13.8 Å². The molecule has 0 aliphatic heterocycles. The Hall–Kier alpha value is -1.26. The molecule has 1 aromatic rings.